The Bertz CT molecular complexity index is 1490. The van der Waals surface area contributed by atoms with Gasteiger partial charge >= 0.3 is 0 Å². The average molecular weight is 617 g/mol. The summed E-state index contributed by atoms with van der Waals surface area (Å²) in [5.41, 5.74) is 1.27. The summed E-state index contributed by atoms with van der Waals surface area (Å²) in [6.45, 7) is 11.6. The van der Waals surface area contributed by atoms with Crippen LogP contribution in [0.2, 0.25) is 5.04 Å². The molecule has 11 heteroatoms. The van der Waals surface area contributed by atoms with Crippen molar-refractivity contribution >= 4 is 42.0 Å². The maximum Gasteiger partial charge on any atom is 0.261 e. The van der Waals surface area contributed by atoms with E-state index in [1.54, 1.807) is 12.7 Å². The molecule has 44 heavy (non-hydrogen) atoms. The summed E-state index contributed by atoms with van der Waals surface area (Å²) in [6.07, 6.45) is 4.14. The van der Waals surface area contributed by atoms with Crippen LogP contribution in [0, 0.1) is 0 Å². The number of rotatable bonds is 12. The first-order valence-corrected chi connectivity index (χ1v) is 17.1. The van der Waals surface area contributed by atoms with Gasteiger partial charge in [0.1, 0.15) is 18.7 Å². The SMILES string of the molecule is CCO[C@@H](C)OC1C[C@H](n2cnc3c(N=CN(C)C)ncnc32)O[C@@H]1CO[Si](c1ccccc1)(c1ccccc1)C(C)(C)C. The molecule has 0 N–H and O–H groups in total. The summed E-state index contributed by atoms with van der Waals surface area (Å²) >= 11 is 0. The van der Waals surface area contributed by atoms with Gasteiger partial charge in [0.25, 0.3) is 8.32 Å². The molecule has 0 aliphatic carbocycles. The van der Waals surface area contributed by atoms with Crippen LogP contribution in [0.5, 0.6) is 0 Å². The summed E-state index contributed by atoms with van der Waals surface area (Å²) < 4.78 is 28.2. The van der Waals surface area contributed by atoms with Crippen molar-refractivity contribution in [3.8, 4) is 0 Å². The highest BCUT2D eigenvalue weighted by molar-refractivity contribution is 6.99. The van der Waals surface area contributed by atoms with Gasteiger partial charge in [-0.15, -0.1) is 0 Å². The molecular weight excluding hydrogens is 572 g/mol. The summed E-state index contributed by atoms with van der Waals surface area (Å²) in [6, 6.07) is 21.3. The van der Waals surface area contributed by atoms with Gasteiger partial charge in [0.15, 0.2) is 23.3 Å². The van der Waals surface area contributed by atoms with E-state index in [1.807, 2.05) is 37.4 Å². The van der Waals surface area contributed by atoms with E-state index in [-0.39, 0.29) is 23.5 Å². The van der Waals surface area contributed by atoms with Crippen LogP contribution in [0.4, 0.5) is 5.82 Å². The van der Waals surface area contributed by atoms with E-state index in [0.29, 0.717) is 36.6 Å². The molecule has 2 aromatic carbocycles. The van der Waals surface area contributed by atoms with E-state index < -0.39 is 14.6 Å². The molecule has 0 amide bonds. The molecule has 1 aliphatic heterocycles. The second-order valence-corrected chi connectivity index (χ2v) is 16.6. The van der Waals surface area contributed by atoms with E-state index in [4.69, 9.17) is 18.6 Å². The molecule has 2 aromatic heterocycles. The number of nitrogens with zero attached hydrogens (tertiary/aromatic N) is 6. The molecule has 3 heterocycles. The molecule has 4 atom stereocenters. The molecule has 5 rings (SSSR count). The van der Waals surface area contributed by atoms with Gasteiger partial charge < -0.3 is 23.5 Å². The molecule has 1 fully saturated rings. The van der Waals surface area contributed by atoms with Crippen LogP contribution in [-0.4, -0.2) is 84.9 Å². The van der Waals surface area contributed by atoms with Gasteiger partial charge in [-0.05, 0) is 29.3 Å². The second kappa shape index (κ2) is 13.7. The molecule has 1 saturated heterocycles. The maximum absolute atomic E-state index is 7.27. The lowest BCUT2D eigenvalue weighted by Crippen LogP contribution is -2.67. The number of benzene rings is 2. The van der Waals surface area contributed by atoms with Crippen molar-refractivity contribution in [2.45, 2.75) is 70.8 Å². The molecule has 1 unspecified atom stereocenters. The molecule has 10 nitrogen and oxygen atoms in total. The van der Waals surface area contributed by atoms with Crippen LogP contribution >= 0.6 is 0 Å². The Labute approximate surface area is 261 Å². The molecule has 0 bridgehead atoms. The van der Waals surface area contributed by atoms with E-state index in [2.05, 4.69) is 101 Å². The number of aliphatic imine (C=N–C) groups is 1. The summed E-state index contributed by atoms with van der Waals surface area (Å²) in [5, 5.41) is 2.27. The molecule has 0 spiro atoms. The Balaban J connectivity index is 1.48. The second-order valence-electron chi connectivity index (χ2n) is 12.3. The van der Waals surface area contributed by atoms with E-state index in [0.717, 1.165) is 0 Å². The maximum atomic E-state index is 7.27. The van der Waals surface area contributed by atoms with Crippen molar-refractivity contribution in [3.05, 3.63) is 73.3 Å². The van der Waals surface area contributed by atoms with Crippen LogP contribution < -0.4 is 10.4 Å². The van der Waals surface area contributed by atoms with Gasteiger partial charge in [-0.2, -0.15) is 0 Å². The Hall–Kier alpha value is -3.48. The fourth-order valence-electron chi connectivity index (χ4n) is 5.97. The number of hydrogen-bond donors (Lipinski definition) is 0. The van der Waals surface area contributed by atoms with Crippen LogP contribution in [0.3, 0.4) is 0 Å². The smallest absolute Gasteiger partial charge is 0.261 e. The lowest BCUT2D eigenvalue weighted by Gasteiger charge is -2.43. The first-order valence-electron chi connectivity index (χ1n) is 15.2. The highest BCUT2D eigenvalue weighted by Crippen LogP contribution is 2.39. The number of aromatic nitrogens is 4. The first-order chi connectivity index (χ1) is 21.1. The summed E-state index contributed by atoms with van der Waals surface area (Å²) in [5.74, 6) is 0.504. The number of ether oxygens (including phenoxy) is 3. The van der Waals surface area contributed by atoms with Crippen LogP contribution in [0.15, 0.2) is 78.3 Å². The van der Waals surface area contributed by atoms with Gasteiger partial charge in [-0.1, -0.05) is 81.4 Å². The van der Waals surface area contributed by atoms with E-state index in [9.17, 15) is 0 Å². The van der Waals surface area contributed by atoms with Gasteiger partial charge in [-0.3, -0.25) is 4.57 Å². The van der Waals surface area contributed by atoms with Gasteiger partial charge in [0.2, 0.25) is 0 Å². The van der Waals surface area contributed by atoms with Gasteiger partial charge in [0.05, 0.1) is 25.4 Å². The zero-order valence-corrected chi connectivity index (χ0v) is 27.8. The predicted molar refractivity (Wildman–Crippen MR) is 175 cm³/mol. The fraction of sp³-hybridized carbons (Fsp3) is 0.455. The third kappa shape index (κ3) is 6.62. The summed E-state index contributed by atoms with van der Waals surface area (Å²) in [4.78, 5) is 19.8. The van der Waals surface area contributed by atoms with Crippen molar-refractivity contribution in [2.75, 3.05) is 27.3 Å². The standard InChI is InChI=1S/C33H44N6O4Si/c1-8-40-24(2)42-27-19-29(39-23-36-30-31(37-22-38(6)7)34-21-35-32(30)39)43-28(27)20-41-44(33(3,4)5,25-15-11-9-12-16-25)26-17-13-10-14-18-26/h9-18,21-24,27-29H,8,19-20H2,1-7H3/t24-,27?,28-,29-/m1/s1. The summed E-state index contributed by atoms with van der Waals surface area (Å²) in [7, 11) is 1.03. The molecule has 0 saturated carbocycles. The zero-order chi connectivity index (χ0) is 31.3. The van der Waals surface area contributed by atoms with Crippen LogP contribution in [0.25, 0.3) is 11.2 Å². The lowest BCUT2D eigenvalue weighted by atomic mass is 10.2. The Morgan fingerprint density at radius 1 is 1.05 bits per heavy atom. The fourth-order valence-corrected chi connectivity index (χ4v) is 10.5. The minimum absolute atomic E-state index is 0.163. The first kappa shape index (κ1) is 31.9. The Morgan fingerprint density at radius 3 is 2.30 bits per heavy atom. The van der Waals surface area contributed by atoms with Crippen LogP contribution in [0.1, 0.15) is 47.3 Å². The highest BCUT2D eigenvalue weighted by Gasteiger charge is 2.51. The minimum Gasteiger partial charge on any atom is -0.405 e. The van der Waals surface area contributed by atoms with E-state index in [1.165, 1.54) is 16.7 Å². The normalized spacial score (nSPS) is 20.0. The largest absolute Gasteiger partial charge is 0.405 e. The number of fused-ring (bicyclic) bond motifs is 1. The highest BCUT2D eigenvalue weighted by atomic mass is 28.4. The zero-order valence-electron chi connectivity index (χ0n) is 26.8. The van der Waals surface area contributed by atoms with Gasteiger partial charge in [-0.25, -0.2) is 19.9 Å². The van der Waals surface area contributed by atoms with Crippen molar-refractivity contribution in [3.63, 3.8) is 0 Å². The monoisotopic (exact) mass is 616 g/mol. The number of imidazole rings is 1. The minimum atomic E-state index is -2.79. The van der Waals surface area contributed by atoms with Crippen molar-refractivity contribution in [2.24, 2.45) is 4.99 Å². The lowest BCUT2D eigenvalue weighted by molar-refractivity contribution is -0.172. The third-order valence-corrected chi connectivity index (χ3v) is 12.9. The van der Waals surface area contributed by atoms with E-state index >= 15 is 0 Å². The Morgan fingerprint density at radius 2 is 1.70 bits per heavy atom. The molecule has 4 aromatic rings. The Kier molecular flexibility index (Phi) is 9.91. The molecule has 1 aliphatic rings. The quantitative estimate of drug-likeness (QED) is 0.0980. The topological polar surface area (TPSA) is 96.1 Å². The van der Waals surface area contributed by atoms with Crippen molar-refractivity contribution < 1.29 is 18.6 Å². The third-order valence-electron chi connectivity index (χ3n) is 7.89. The predicted octanol–water partition coefficient (Wildman–Crippen LogP) is 4.68. The molecule has 234 valence electrons. The number of hydrogen-bond acceptors (Lipinski definition) is 8. The van der Waals surface area contributed by atoms with Crippen molar-refractivity contribution in [1.82, 2.24) is 24.4 Å². The van der Waals surface area contributed by atoms with Gasteiger partial charge in [0, 0.05) is 27.1 Å². The van der Waals surface area contributed by atoms with Crippen molar-refractivity contribution in [1.29, 1.82) is 0 Å². The average Bonchev–Trinajstić information content (AvgIpc) is 3.61. The molecule has 0 radical (unpaired) electrons. The molecular formula is C33H44N6O4Si. The van der Waals surface area contributed by atoms with Crippen LogP contribution in [-0.2, 0) is 18.6 Å².